The normalized spacial score (nSPS) is 10.0. The van der Waals surface area contributed by atoms with Crippen LogP contribution in [0.2, 0.25) is 0 Å². The van der Waals surface area contributed by atoms with Crippen LogP contribution in [-0.4, -0.2) is 37.8 Å². The average molecular weight is 238 g/mol. The second-order valence-electron chi connectivity index (χ2n) is 3.47. The maximum absolute atomic E-state index is 11.2. The summed E-state index contributed by atoms with van der Waals surface area (Å²) in [5.74, 6) is 0.165. The van der Waals surface area contributed by atoms with Crippen LogP contribution in [0.15, 0.2) is 18.3 Å². The third-order valence-corrected chi connectivity index (χ3v) is 2.10. The lowest BCUT2D eigenvalue weighted by Gasteiger charge is -2.07. The number of methoxy groups -OCH3 is 1. The summed E-state index contributed by atoms with van der Waals surface area (Å²) in [6.45, 7) is 4.43. The first-order valence-electron chi connectivity index (χ1n) is 5.65. The van der Waals surface area contributed by atoms with Gasteiger partial charge in [-0.2, -0.15) is 0 Å². The highest BCUT2D eigenvalue weighted by molar-refractivity contribution is 5.87. The van der Waals surface area contributed by atoms with Crippen molar-refractivity contribution in [2.45, 2.75) is 13.3 Å². The average Bonchev–Trinajstić information content (AvgIpc) is 2.38. The molecule has 94 valence electrons. The number of carbonyl (C=O) groups excluding carboxylic acids is 1. The molecule has 0 aliphatic heterocycles. The topological polar surface area (TPSA) is 60.5 Å². The minimum absolute atomic E-state index is 0.256. The fourth-order valence-electron chi connectivity index (χ4n) is 1.26. The van der Waals surface area contributed by atoms with Crippen molar-refractivity contribution >= 4 is 5.97 Å². The van der Waals surface area contributed by atoms with E-state index in [0.29, 0.717) is 12.4 Å². The molecule has 0 radical (unpaired) electrons. The van der Waals surface area contributed by atoms with E-state index in [4.69, 9.17) is 4.74 Å². The predicted molar refractivity (Wildman–Crippen MR) is 64.2 cm³/mol. The summed E-state index contributed by atoms with van der Waals surface area (Å²) in [6, 6.07) is 3.29. The summed E-state index contributed by atoms with van der Waals surface area (Å²) < 4.78 is 10.1. The van der Waals surface area contributed by atoms with Crippen LogP contribution in [0.4, 0.5) is 0 Å². The van der Waals surface area contributed by atoms with E-state index in [2.05, 4.69) is 22.0 Å². The molecule has 1 N–H and O–H groups in total. The lowest BCUT2D eigenvalue weighted by atomic mass is 10.3. The molecule has 0 unspecified atom stereocenters. The van der Waals surface area contributed by atoms with Crippen molar-refractivity contribution in [3.05, 3.63) is 24.0 Å². The van der Waals surface area contributed by atoms with Gasteiger partial charge in [0.2, 0.25) is 0 Å². The molecule has 17 heavy (non-hydrogen) atoms. The predicted octanol–water partition coefficient (Wildman–Crippen LogP) is 1.25. The van der Waals surface area contributed by atoms with Gasteiger partial charge in [-0.3, -0.25) is 0 Å². The van der Waals surface area contributed by atoms with Gasteiger partial charge in [0.25, 0.3) is 0 Å². The van der Waals surface area contributed by atoms with Gasteiger partial charge in [-0.25, -0.2) is 9.78 Å². The number of aromatic nitrogens is 1. The molecule has 0 amide bonds. The largest absolute Gasteiger partial charge is 0.492 e. The Labute approximate surface area is 101 Å². The Bertz CT molecular complexity index is 355. The number of pyridine rings is 1. The first kappa shape index (κ1) is 13.4. The molecule has 0 bridgehead atoms. The molecule has 0 aliphatic rings. The summed E-state index contributed by atoms with van der Waals surface area (Å²) in [5, 5.41) is 3.22. The number of rotatable bonds is 7. The molecule has 5 nitrogen and oxygen atoms in total. The van der Waals surface area contributed by atoms with Gasteiger partial charge in [0.05, 0.1) is 7.11 Å². The molecule has 0 atom stereocenters. The monoisotopic (exact) mass is 238 g/mol. The van der Waals surface area contributed by atoms with Crippen molar-refractivity contribution in [1.29, 1.82) is 0 Å². The molecule has 5 heteroatoms. The molecule has 0 aliphatic carbocycles. The molecular weight excluding hydrogens is 220 g/mol. The van der Waals surface area contributed by atoms with Crippen molar-refractivity contribution < 1.29 is 14.3 Å². The zero-order chi connectivity index (χ0) is 12.5. The van der Waals surface area contributed by atoms with Gasteiger partial charge in [-0.1, -0.05) is 6.92 Å². The van der Waals surface area contributed by atoms with Crippen LogP contribution >= 0.6 is 0 Å². The van der Waals surface area contributed by atoms with E-state index in [0.717, 1.165) is 19.5 Å². The van der Waals surface area contributed by atoms with E-state index in [9.17, 15) is 4.79 Å². The van der Waals surface area contributed by atoms with E-state index < -0.39 is 5.97 Å². The lowest BCUT2D eigenvalue weighted by Crippen LogP contribution is -2.21. The Kier molecular flexibility index (Phi) is 6.03. The SMILES string of the molecule is CCCNCCOc1ccnc(C(=O)OC)c1. The van der Waals surface area contributed by atoms with Crippen molar-refractivity contribution in [1.82, 2.24) is 10.3 Å². The molecule has 1 aromatic rings. The first-order chi connectivity index (χ1) is 8.27. The third kappa shape index (κ3) is 4.82. The zero-order valence-electron chi connectivity index (χ0n) is 10.2. The lowest BCUT2D eigenvalue weighted by molar-refractivity contribution is 0.0593. The summed E-state index contributed by atoms with van der Waals surface area (Å²) >= 11 is 0. The Hall–Kier alpha value is -1.62. The van der Waals surface area contributed by atoms with Crippen LogP contribution in [-0.2, 0) is 4.74 Å². The van der Waals surface area contributed by atoms with Crippen LogP contribution in [0.1, 0.15) is 23.8 Å². The van der Waals surface area contributed by atoms with Crippen molar-refractivity contribution in [3.63, 3.8) is 0 Å². The van der Waals surface area contributed by atoms with Crippen LogP contribution in [0.5, 0.6) is 5.75 Å². The molecule has 0 aromatic carbocycles. The number of carbonyl (C=O) groups is 1. The Morgan fingerprint density at radius 3 is 3.00 bits per heavy atom. The standard InChI is InChI=1S/C12H18N2O3/c1-3-5-13-7-8-17-10-4-6-14-11(9-10)12(15)16-2/h4,6,9,13H,3,5,7-8H2,1-2H3. The number of esters is 1. The van der Waals surface area contributed by atoms with Crippen LogP contribution in [0.25, 0.3) is 0 Å². The maximum atomic E-state index is 11.2. The van der Waals surface area contributed by atoms with Crippen LogP contribution < -0.4 is 10.1 Å². The quantitative estimate of drug-likeness (QED) is 0.572. The van der Waals surface area contributed by atoms with E-state index in [1.54, 1.807) is 12.1 Å². The second kappa shape index (κ2) is 7.62. The summed E-state index contributed by atoms with van der Waals surface area (Å²) in [4.78, 5) is 15.1. The molecular formula is C12H18N2O3. The van der Waals surface area contributed by atoms with Crippen LogP contribution in [0.3, 0.4) is 0 Å². The fourth-order valence-corrected chi connectivity index (χ4v) is 1.26. The van der Waals surface area contributed by atoms with Gasteiger partial charge in [0.1, 0.15) is 12.4 Å². The highest BCUT2D eigenvalue weighted by Gasteiger charge is 2.07. The summed E-state index contributed by atoms with van der Waals surface area (Å²) in [7, 11) is 1.33. The minimum Gasteiger partial charge on any atom is -0.492 e. The number of hydrogen-bond acceptors (Lipinski definition) is 5. The summed E-state index contributed by atoms with van der Waals surface area (Å²) in [5.41, 5.74) is 0.256. The van der Waals surface area contributed by atoms with E-state index in [1.807, 2.05) is 0 Å². The Balaban J connectivity index is 2.40. The van der Waals surface area contributed by atoms with Crippen molar-refractivity contribution in [2.24, 2.45) is 0 Å². The van der Waals surface area contributed by atoms with Gasteiger partial charge in [0, 0.05) is 18.8 Å². The molecule has 1 heterocycles. The van der Waals surface area contributed by atoms with E-state index in [-0.39, 0.29) is 5.69 Å². The molecule has 0 spiro atoms. The molecule has 0 fully saturated rings. The molecule has 0 saturated carbocycles. The Morgan fingerprint density at radius 1 is 1.47 bits per heavy atom. The number of nitrogens with one attached hydrogen (secondary N) is 1. The van der Waals surface area contributed by atoms with Gasteiger partial charge in [-0.15, -0.1) is 0 Å². The molecule has 0 saturated heterocycles. The third-order valence-electron chi connectivity index (χ3n) is 2.10. The fraction of sp³-hybridized carbons (Fsp3) is 0.500. The Morgan fingerprint density at radius 2 is 2.29 bits per heavy atom. The van der Waals surface area contributed by atoms with Gasteiger partial charge < -0.3 is 14.8 Å². The van der Waals surface area contributed by atoms with Crippen molar-refractivity contribution in [3.8, 4) is 5.75 Å². The summed E-state index contributed by atoms with van der Waals surface area (Å²) in [6.07, 6.45) is 2.63. The van der Waals surface area contributed by atoms with Gasteiger partial charge in [-0.05, 0) is 19.0 Å². The van der Waals surface area contributed by atoms with Gasteiger partial charge in [0.15, 0.2) is 5.69 Å². The van der Waals surface area contributed by atoms with Gasteiger partial charge >= 0.3 is 5.97 Å². The van der Waals surface area contributed by atoms with Crippen LogP contribution in [0, 0.1) is 0 Å². The minimum atomic E-state index is -0.459. The van der Waals surface area contributed by atoms with Crippen molar-refractivity contribution in [2.75, 3.05) is 26.8 Å². The molecule has 1 aromatic heterocycles. The molecule has 1 rings (SSSR count). The van der Waals surface area contributed by atoms with E-state index in [1.165, 1.54) is 13.3 Å². The zero-order valence-corrected chi connectivity index (χ0v) is 10.2. The maximum Gasteiger partial charge on any atom is 0.356 e. The highest BCUT2D eigenvalue weighted by Crippen LogP contribution is 2.11. The number of hydrogen-bond donors (Lipinski definition) is 1. The number of nitrogens with zero attached hydrogens (tertiary/aromatic N) is 1. The smallest absolute Gasteiger partial charge is 0.356 e. The first-order valence-corrected chi connectivity index (χ1v) is 5.65. The number of ether oxygens (including phenoxy) is 2. The van der Waals surface area contributed by atoms with E-state index >= 15 is 0 Å². The highest BCUT2D eigenvalue weighted by atomic mass is 16.5. The second-order valence-corrected chi connectivity index (χ2v) is 3.47.